The van der Waals surface area contributed by atoms with Crippen LogP contribution in [0.25, 0.3) is 0 Å². The molecule has 5 nitrogen and oxygen atoms in total. The molecule has 0 aliphatic heterocycles. The normalized spacial score (nSPS) is 9.94. The molecule has 17 heavy (non-hydrogen) atoms. The molecule has 0 spiro atoms. The molecule has 0 aromatic carbocycles. The number of carbonyl (C=O) groups is 1. The summed E-state index contributed by atoms with van der Waals surface area (Å²) in [4.78, 5) is 21.5. The fraction of sp³-hybridized carbons (Fsp3) is 0.0833. The number of hydrogen-bond acceptors (Lipinski definition) is 4. The molecule has 2 N–H and O–H groups in total. The van der Waals surface area contributed by atoms with Crippen molar-refractivity contribution in [2.75, 3.05) is 17.7 Å². The lowest BCUT2D eigenvalue weighted by atomic mass is 10.2. The van der Waals surface area contributed by atoms with Gasteiger partial charge in [0, 0.05) is 19.4 Å². The van der Waals surface area contributed by atoms with Crippen molar-refractivity contribution in [1.82, 2.24) is 9.97 Å². The van der Waals surface area contributed by atoms with E-state index in [9.17, 15) is 4.79 Å². The van der Waals surface area contributed by atoms with Crippen LogP contribution in [0.15, 0.2) is 43.0 Å². The minimum Gasteiger partial charge on any atom is -0.397 e. The second-order valence-corrected chi connectivity index (χ2v) is 3.54. The van der Waals surface area contributed by atoms with Gasteiger partial charge in [-0.3, -0.25) is 14.8 Å². The highest BCUT2D eigenvalue weighted by Gasteiger charge is 2.15. The molecule has 5 heteroatoms. The Bertz CT molecular complexity index is 527. The number of amides is 1. The molecule has 0 saturated carbocycles. The molecule has 0 saturated heterocycles. The third kappa shape index (κ3) is 2.23. The second kappa shape index (κ2) is 4.61. The molecule has 2 rings (SSSR count). The number of rotatable bonds is 2. The number of aromatic nitrogens is 2. The van der Waals surface area contributed by atoms with E-state index in [4.69, 9.17) is 5.73 Å². The summed E-state index contributed by atoms with van der Waals surface area (Å²) in [6.07, 6.45) is 6.28. The first-order valence-electron chi connectivity index (χ1n) is 5.07. The first-order valence-corrected chi connectivity index (χ1v) is 5.07. The zero-order valence-electron chi connectivity index (χ0n) is 9.37. The molecule has 1 amide bonds. The van der Waals surface area contributed by atoms with Gasteiger partial charge in [-0.2, -0.15) is 0 Å². The lowest BCUT2D eigenvalue weighted by Gasteiger charge is -2.17. The van der Waals surface area contributed by atoms with Crippen molar-refractivity contribution < 1.29 is 4.79 Å². The molecule has 0 atom stereocenters. The molecule has 0 aliphatic rings. The third-order valence-corrected chi connectivity index (χ3v) is 2.42. The monoisotopic (exact) mass is 228 g/mol. The topological polar surface area (TPSA) is 72.1 Å². The summed E-state index contributed by atoms with van der Waals surface area (Å²) < 4.78 is 0. The largest absolute Gasteiger partial charge is 0.397 e. The zero-order chi connectivity index (χ0) is 12.3. The number of nitrogens with two attached hydrogens (primary N) is 1. The maximum atomic E-state index is 12.2. The van der Waals surface area contributed by atoms with Crippen LogP contribution in [-0.2, 0) is 0 Å². The van der Waals surface area contributed by atoms with Gasteiger partial charge in [-0.05, 0) is 18.2 Å². The zero-order valence-corrected chi connectivity index (χ0v) is 9.37. The quantitative estimate of drug-likeness (QED) is 0.841. The van der Waals surface area contributed by atoms with E-state index in [1.54, 1.807) is 37.8 Å². The van der Waals surface area contributed by atoms with Gasteiger partial charge in [0.25, 0.3) is 5.91 Å². The number of hydrogen-bond donors (Lipinski definition) is 1. The van der Waals surface area contributed by atoms with Crippen molar-refractivity contribution in [3.63, 3.8) is 0 Å². The Morgan fingerprint density at radius 3 is 2.65 bits per heavy atom. The fourth-order valence-corrected chi connectivity index (χ4v) is 1.45. The first-order chi connectivity index (χ1) is 8.20. The summed E-state index contributed by atoms with van der Waals surface area (Å²) in [5, 5.41) is 0. The van der Waals surface area contributed by atoms with Crippen LogP contribution in [0.3, 0.4) is 0 Å². The van der Waals surface area contributed by atoms with Crippen molar-refractivity contribution >= 4 is 17.3 Å². The Kier molecular flexibility index (Phi) is 3.00. The summed E-state index contributed by atoms with van der Waals surface area (Å²) in [5.41, 5.74) is 7.23. The van der Waals surface area contributed by atoms with E-state index in [1.807, 2.05) is 6.07 Å². The second-order valence-electron chi connectivity index (χ2n) is 3.54. The van der Waals surface area contributed by atoms with E-state index >= 15 is 0 Å². The standard InChI is InChI=1S/C12H12N4O/c1-16(9-3-2-5-14-7-9)12(17)10-4-6-15-8-11(10)13/h2-8H,13H2,1H3. The van der Waals surface area contributed by atoms with Gasteiger partial charge in [-0.1, -0.05) is 0 Å². The van der Waals surface area contributed by atoms with Crippen LogP contribution in [0, 0.1) is 0 Å². The number of pyridine rings is 2. The highest BCUT2D eigenvalue weighted by Crippen LogP contribution is 2.16. The summed E-state index contributed by atoms with van der Waals surface area (Å²) >= 11 is 0. The molecule has 0 bridgehead atoms. The molecular formula is C12H12N4O. The number of anilines is 2. The first kappa shape index (κ1) is 11.1. The predicted octanol–water partition coefficient (Wildman–Crippen LogP) is 1.34. The summed E-state index contributed by atoms with van der Waals surface area (Å²) in [7, 11) is 1.68. The molecule has 2 heterocycles. The van der Waals surface area contributed by atoms with Crippen LogP contribution in [-0.4, -0.2) is 22.9 Å². The van der Waals surface area contributed by atoms with Crippen molar-refractivity contribution in [2.45, 2.75) is 0 Å². The van der Waals surface area contributed by atoms with Gasteiger partial charge in [0.2, 0.25) is 0 Å². The van der Waals surface area contributed by atoms with E-state index in [1.165, 1.54) is 11.1 Å². The Labute approximate surface area is 98.9 Å². The maximum Gasteiger partial charge on any atom is 0.260 e. The Morgan fingerprint density at radius 1 is 1.24 bits per heavy atom. The molecule has 2 aromatic heterocycles. The smallest absolute Gasteiger partial charge is 0.260 e. The third-order valence-electron chi connectivity index (χ3n) is 2.42. The van der Waals surface area contributed by atoms with Gasteiger partial charge in [0.1, 0.15) is 0 Å². The molecule has 0 radical (unpaired) electrons. The van der Waals surface area contributed by atoms with E-state index in [2.05, 4.69) is 9.97 Å². The minimum atomic E-state index is -0.182. The minimum absolute atomic E-state index is 0.182. The summed E-state index contributed by atoms with van der Waals surface area (Å²) in [5.74, 6) is -0.182. The Hall–Kier alpha value is -2.43. The van der Waals surface area contributed by atoms with Crippen molar-refractivity contribution in [1.29, 1.82) is 0 Å². The highest BCUT2D eigenvalue weighted by atomic mass is 16.2. The number of carbonyl (C=O) groups excluding carboxylic acids is 1. The maximum absolute atomic E-state index is 12.2. The van der Waals surface area contributed by atoms with Crippen LogP contribution in [0.5, 0.6) is 0 Å². The van der Waals surface area contributed by atoms with Crippen molar-refractivity contribution in [3.8, 4) is 0 Å². The molecule has 86 valence electrons. The number of nitrogen functional groups attached to an aromatic ring is 1. The fourth-order valence-electron chi connectivity index (χ4n) is 1.45. The van der Waals surface area contributed by atoms with Crippen LogP contribution in [0.4, 0.5) is 11.4 Å². The van der Waals surface area contributed by atoms with Crippen molar-refractivity contribution in [2.24, 2.45) is 0 Å². The SMILES string of the molecule is CN(C(=O)c1ccncc1N)c1cccnc1. The molecule has 0 unspecified atom stereocenters. The molecule has 2 aromatic rings. The predicted molar refractivity (Wildman–Crippen MR) is 65.6 cm³/mol. The molecule has 0 aliphatic carbocycles. The molecular weight excluding hydrogens is 216 g/mol. The number of nitrogens with zero attached hydrogens (tertiary/aromatic N) is 3. The van der Waals surface area contributed by atoms with Crippen LogP contribution in [0.2, 0.25) is 0 Å². The van der Waals surface area contributed by atoms with Gasteiger partial charge in [-0.25, -0.2) is 0 Å². The van der Waals surface area contributed by atoms with Crippen LogP contribution < -0.4 is 10.6 Å². The van der Waals surface area contributed by atoms with Crippen LogP contribution >= 0.6 is 0 Å². The molecule has 0 fully saturated rings. The lowest BCUT2D eigenvalue weighted by Crippen LogP contribution is -2.27. The Morgan fingerprint density at radius 2 is 2.00 bits per heavy atom. The van der Waals surface area contributed by atoms with Crippen LogP contribution in [0.1, 0.15) is 10.4 Å². The van der Waals surface area contributed by atoms with Gasteiger partial charge in [-0.15, -0.1) is 0 Å². The van der Waals surface area contributed by atoms with E-state index < -0.39 is 0 Å². The van der Waals surface area contributed by atoms with Gasteiger partial charge < -0.3 is 10.6 Å². The summed E-state index contributed by atoms with van der Waals surface area (Å²) in [6.45, 7) is 0. The Balaban J connectivity index is 2.30. The van der Waals surface area contributed by atoms with E-state index in [0.29, 0.717) is 16.9 Å². The average Bonchev–Trinajstić information content (AvgIpc) is 2.39. The van der Waals surface area contributed by atoms with E-state index in [-0.39, 0.29) is 5.91 Å². The van der Waals surface area contributed by atoms with E-state index in [0.717, 1.165) is 0 Å². The van der Waals surface area contributed by atoms with Crippen molar-refractivity contribution in [3.05, 3.63) is 48.5 Å². The van der Waals surface area contributed by atoms with Gasteiger partial charge in [0.15, 0.2) is 0 Å². The average molecular weight is 228 g/mol. The van der Waals surface area contributed by atoms with Gasteiger partial charge in [0.05, 0.1) is 29.3 Å². The summed E-state index contributed by atoms with van der Waals surface area (Å²) in [6, 6.07) is 5.18. The lowest BCUT2D eigenvalue weighted by molar-refractivity contribution is 0.0993. The van der Waals surface area contributed by atoms with Gasteiger partial charge >= 0.3 is 0 Å². The highest BCUT2D eigenvalue weighted by molar-refractivity contribution is 6.08.